The van der Waals surface area contributed by atoms with Crippen molar-refractivity contribution in [3.8, 4) is 11.5 Å². The van der Waals surface area contributed by atoms with Crippen molar-refractivity contribution in [2.45, 2.75) is 33.2 Å². The molecule has 0 aliphatic carbocycles. The fourth-order valence-corrected chi connectivity index (χ4v) is 3.02. The Morgan fingerprint density at radius 2 is 1.73 bits per heavy atom. The van der Waals surface area contributed by atoms with Crippen LogP contribution in [0.15, 0.2) is 47.3 Å². The zero-order valence-corrected chi connectivity index (χ0v) is 17.6. The molecule has 3 aromatic rings. The number of hydrogen-bond acceptors (Lipinski definition) is 5. The normalized spacial score (nSPS) is 10.8. The Labute approximate surface area is 175 Å². The molecule has 7 nitrogen and oxygen atoms in total. The molecule has 30 heavy (non-hydrogen) atoms. The van der Waals surface area contributed by atoms with Crippen molar-refractivity contribution < 1.29 is 14.3 Å². The maximum Gasteiger partial charge on any atom is 0.258 e. The summed E-state index contributed by atoms with van der Waals surface area (Å²) >= 11 is 0. The van der Waals surface area contributed by atoms with E-state index >= 15 is 0 Å². The highest BCUT2D eigenvalue weighted by molar-refractivity contribution is 5.94. The van der Waals surface area contributed by atoms with Crippen LogP contribution >= 0.6 is 0 Å². The molecule has 7 heteroatoms. The van der Waals surface area contributed by atoms with Gasteiger partial charge in [-0.1, -0.05) is 26.0 Å². The molecule has 1 N–H and O–H groups in total. The summed E-state index contributed by atoms with van der Waals surface area (Å²) in [6, 6.07) is 12.3. The maximum atomic E-state index is 13.0. The molecule has 0 atom stereocenters. The van der Waals surface area contributed by atoms with Crippen molar-refractivity contribution in [3.05, 3.63) is 64.2 Å². The SMILES string of the molecule is CCCOc1ccc(C(=O)N(C)Cc2nc3ccccc3c(=O)[nH]2)cc1OCCC. The molecule has 1 heterocycles. The van der Waals surface area contributed by atoms with Gasteiger partial charge < -0.3 is 19.4 Å². The number of amides is 1. The minimum Gasteiger partial charge on any atom is -0.490 e. The number of benzene rings is 2. The predicted molar refractivity (Wildman–Crippen MR) is 116 cm³/mol. The number of nitrogens with zero attached hydrogens (tertiary/aromatic N) is 2. The van der Waals surface area contributed by atoms with Crippen LogP contribution in [0.25, 0.3) is 10.9 Å². The molecule has 0 bridgehead atoms. The zero-order chi connectivity index (χ0) is 21.5. The summed E-state index contributed by atoms with van der Waals surface area (Å²) in [6.07, 6.45) is 1.74. The van der Waals surface area contributed by atoms with Gasteiger partial charge in [0.15, 0.2) is 11.5 Å². The molecule has 0 aliphatic rings. The Morgan fingerprint density at radius 1 is 1.03 bits per heavy atom. The fraction of sp³-hybridized carbons (Fsp3) is 0.348. The first kappa shape index (κ1) is 21.4. The summed E-state index contributed by atoms with van der Waals surface area (Å²) in [6.45, 7) is 5.35. The second kappa shape index (κ2) is 9.91. The lowest BCUT2D eigenvalue weighted by atomic mass is 10.1. The third kappa shape index (κ3) is 4.97. The van der Waals surface area contributed by atoms with Gasteiger partial charge in [0.25, 0.3) is 11.5 Å². The summed E-state index contributed by atoms with van der Waals surface area (Å²) in [5.41, 5.74) is 0.865. The third-order valence-electron chi connectivity index (χ3n) is 4.51. The molecule has 3 rings (SSSR count). The standard InChI is InChI=1S/C23H27N3O4/c1-4-12-29-19-11-10-16(14-20(19)30-13-5-2)23(28)26(3)15-21-24-18-9-7-6-8-17(18)22(27)25-21/h6-11,14H,4-5,12-13,15H2,1-3H3,(H,24,25,27). The van der Waals surface area contributed by atoms with Gasteiger partial charge in [0.05, 0.1) is 30.7 Å². The number of carbonyl (C=O) groups is 1. The van der Waals surface area contributed by atoms with Gasteiger partial charge in [0.2, 0.25) is 0 Å². The first-order valence-corrected chi connectivity index (χ1v) is 10.2. The number of ether oxygens (including phenoxy) is 2. The number of nitrogens with one attached hydrogen (secondary N) is 1. The number of carbonyl (C=O) groups excluding carboxylic acids is 1. The van der Waals surface area contributed by atoms with Gasteiger partial charge >= 0.3 is 0 Å². The molecule has 1 amide bonds. The lowest BCUT2D eigenvalue weighted by Gasteiger charge is -2.18. The molecule has 0 unspecified atom stereocenters. The van der Waals surface area contributed by atoms with Gasteiger partial charge in [0, 0.05) is 12.6 Å². The van der Waals surface area contributed by atoms with Crippen LogP contribution in [0.5, 0.6) is 11.5 Å². The van der Waals surface area contributed by atoms with Gasteiger partial charge in [-0.2, -0.15) is 0 Å². The number of hydrogen-bond donors (Lipinski definition) is 1. The Kier molecular flexibility index (Phi) is 7.06. The highest BCUT2D eigenvalue weighted by Gasteiger charge is 2.17. The lowest BCUT2D eigenvalue weighted by molar-refractivity contribution is 0.0781. The number of aromatic nitrogens is 2. The van der Waals surface area contributed by atoms with Gasteiger partial charge in [-0.15, -0.1) is 0 Å². The maximum absolute atomic E-state index is 13.0. The van der Waals surface area contributed by atoms with Crippen molar-refractivity contribution in [1.82, 2.24) is 14.9 Å². The minimum absolute atomic E-state index is 0.179. The monoisotopic (exact) mass is 409 g/mol. The summed E-state index contributed by atoms with van der Waals surface area (Å²) in [5.74, 6) is 1.42. The topological polar surface area (TPSA) is 84.5 Å². The Hall–Kier alpha value is -3.35. The van der Waals surface area contributed by atoms with E-state index in [1.165, 1.54) is 4.90 Å². The molecular formula is C23H27N3O4. The first-order valence-electron chi connectivity index (χ1n) is 10.2. The number of aromatic amines is 1. The first-order chi connectivity index (χ1) is 14.5. The predicted octanol–water partition coefficient (Wildman–Crippen LogP) is 3.77. The van der Waals surface area contributed by atoms with E-state index in [9.17, 15) is 9.59 Å². The number of H-pyrrole nitrogens is 1. The van der Waals surface area contributed by atoms with E-state index in [1.807, 2.05) is 19.9 Å². The van der Waals surface area contributed by atoms with E-state index in [0.717, 1.165) is 12.8 Å². The van der Waals surface area contributed by atoms with E-state index in [-0.39, 0.29) is 18.0 Å². The van der Waals surface area contributed by atoms with Gasteiger partial charge in [-0.3, -0.25) is 9.59 Å². The molecule has 0 aliphatic heterocycles. The molecule has 0 saturated heterocycles. The molecule has 0 radical (unpaired) electrons. The van der Waals surface area contributed by atoms with Crippen LogP contribution in [-0.4, -0.2) is 41.0 Å². The Balaban J connectivity index is 1.80. The van der Waals surface area contributed by atoms with Crippen LogP contribution in [0.1, 0.15) is 42.9 Å². The largest absolute Gasteiger partial charge is 0.490 e. The van der Waals surface area contributed by atoms with E-state index in [0.29, 0.717) is 47.0 Å². The van der Waals surface area contributed by atoms with Crippen molar-refractivity contribution in [1.29, 1.82) is 0 Å². The summed E-state index contributed by atoms with van der Waals surface area (Å²) in [7, 11) is 1.67. The van der Waals surface area contributed by atoms with Crippen molar-refractivity contribution >= 4 is 16.8 Å². The molecule has 0 saturated carbocycles. The molecular weight excluding hydrogens is 382 g/mol. The molecule has 158 valence electrons. The quantitative estimate of drug-likeness (QED) is 0.581. The average molecular weight is 409 g/mol. The third-order valence-corrected chi connectivity index (χ3v) is 4.51. The summed E-state index contributed by atoms with van der Waals surface area (Å²) < 4.78 is 11.5. The van der Waals surface area contributed by atoms with Crippen molar-refractivity contribution in [3.63, 3.8) is 0 Å². The van der Waals surface area contributed by atoms with Crippen LogP contribution in [0, 0.1) is 0 Å². The highest BCUT2D eigenvalue weighted by atomic mass is 16.5. The van der Waals surface area contributed by atoms with Gasteiger partial charge in [-0.05, 0) is 43.2 Å². The summed E-state index contributed by atoms with van der Waals surface area (Å²) in [5, 5.41) is 0.524. The van der Waals surface area contributed by atoms with E-state index in [1.54, 1.807) is 43.4 Å². The molecule has 2 aromatic carbocycles. The summed E-state index contributed by atoms with van der Waals surface area (Å²) in [4.78, 5) is 33.9. The Morgan fingerprint density at radius 3 is 2.47 bits per heavy atom. The molecule has 0 spiro atoms. The van der Waals surface area contributed by atoms with Gasteiger partial charge in [-0.25, -0.2) is 4.98 Å². The Bertz CT molecular complexity index is 1080. The number of rotatable bonds is 9. The minimum atomic E-state index is -0.218. The smallest absolute Gasteiger partial charge is 0.258 e. The van der Waals surface area contributed by atoms with E-state index < -0.39 is 0 Å². The molecule has 0 fully saturated rings. The van der Waals surface area contributed by atoms with Crippen LogP contribution in [0.4, 0.5) is 0 Å². The fourth-order valence-electron chi connectivity index (χ4n) is 3.02. The van der Waals surface area contributed by atoms with E-state index in [4.69, 9.17) is 9.47 Å². The molecule has 1 aromatic heterocycles. The van der Waals surface area contributed by atoms with Crippen molar-refractivity contribution in [2.75, 3.05) is 20.3 Å². The second-order valence-corrected chi connectivity index (χ2v) is 7.05. The lowest BCUT2D eigenvalue weighted by Crippen LogP contribution is -2.28. The number of para-hydroxylation sites is 1. The average Bonchev–Trinajstić information content (AvgIpc) is 2.76. The zero-order valence-electron chi connectivity index (χ0n) is 17.6. The van der Waals surface area contributed by atoms with Crippen LogP contribution in [0.3, 0.4) is 0 Å². The van der Waals surface area contributed by atoms with Gasteiger partial charge in [0.1, 0.15) is 5.82 Å². The second-order valence-electron chi connectivity index (χ2n) is 7.05. The van der Waals surface area contributed by atoms with Crippen LogP contribution in [-0.2, 0) is 6.54 Å². The van der Waals surface area contributed by atoms with Crippen molar-refractivity contribution in [2.24, 2.45) is 0 Å². The highest BCUT2D eigenvalue weighted by Crippen LogP contribution is 2.29. The van der Waals surface area contributed by atoms with E-state index in [2.05, 4.69) is 9.97 Å². The van der Waals surface area contributed by atoms with Crippen LogP contribution in [0.2, 0.25) is 0 Å². The number of fused-ring (bicyclic) bond motifs is 1. The van der Waals surface area contributed by atoms with Crippen LogP contribution < -0.4 is 15.0 Å².